The quantitative estimate of drug-likeness (QED) is 0.645. The van der Waals surface area contributed by atoms with E-state index in [2.05, 4.69) is 14.8 Å². The van der Waals surface area contributed by atoms with E-state index in [0.717, 1.165) is 25.8 Å². The molecule has 3 N–H and O–H groups in total. The minimum atomic E-state index is -3.67. The third kappa shape index (κ3) is 5.15. The standard InChI is InChI=1S/C15H23N3O4S2.ClH/c1-11-8-9-16-10-15(11)18-24(21,22)14-6-4-13(5-7-14)23(19,20)17-12-2-3-12;/h4-7,11-12,15-18H,2-3,8-10H2,1H3;1H. The zero-order chi connectivity index (χ0) is 17.4. The first-order valence-electron chi connectivity index (χ1n) is 8.13. The van der Waals surface area contributed by atoms with Gasteiger partial charge in [0.1, 0.15) is 0 Å². The topological polar surface area (TPSA) is 104 Å². The number of halogens is 1. The van der Waals surface area contributed by atoms with Crippen molar-refractivity contribution in [3.8, 4) is 0 Å². The molecule has 0 amide bonds. The van der Waals surface area contributed by atoms with E-state index in [4.69, 9.17) is 0 Å². The summed E-state index contributed by atoms with van der Waals surface area (Å²) in [7, 11) is -7.24. The first kappa shape index (κ1) is 20.6. The Bertz CT molecular complexity index is 793. The van der Waals surface area contributed by atoms with Crippen molar-refractivity contribution in [2.24, 2.45) is 5.92 Å². The molecule has 1 aliphatic heterocycles. The highest BCUT2D eigenvalue weighted by Crippen LogP contribution is 2.23. The molecule has 142 valence electrons. The van der Waals surface area contributed by atoms with Gasteiger partial charge in [-0.1, -0.05) is 6.92 Å². The lowest BCUT2D eigenvalue weighted by Gasteiger charge is -2.29. The van der Waals surface area contributed by atoms with Crippen LogP contribution < -0.4 is 14.8 Å². The number of piperidine rings is 1. The SMILES string of the molecule is CC1CCNCC1NS(=O)(=O)c1ccc(S(=O)(=O)NC2CC2)cc1.Cl. The van der Waals surface area contributed by atoms with Crippen LogP contribution in [0.5, 0.6) is 0 Å². The van der Waals surface area contributed by atoms with Gasteiger partial charge in [-0.2, -0.15) is 0 Å². The van der Waals surface area contributed by atoms with Gasteiger partial charge in [0.2, 0.25) is 20.0 Å². The zero-order valence-corrected chi connectivity index (χ0v) is 16.4. The number of hydrogen-bond acceptors (Lipinski definition) is 5. The van der Waals surface area contributed by atoms with Crippen molar-refractivity contribution in [2.75, 3.05) is 13.1 Å². The second-order valence-electron chi connectivity index (χ2n) is 6.56. The molecule has 0 aromatic heterocycles. The van der Waals surface area contributed by atoms with Crippen LogP contribution in [0.25, 0.3) is 0 Å². The van der Waals surface area contributed by atoms with Crippen LogP contribution in [-0.4, -0.2) is 42.0 Å². The Labute approximate surface area is 155 Å². The van der Waals surface area contributed by atoms with Gasteiger partial charge in [0.15, 0.2) is 0 Å². The molecule has 2 atom stereocenters. The van der Waals surface area contributed by atoms with Gasteiger partial charge in [0, 0.05) is 18.6 Å². The van der Waals surface area contributed by atoms with Crippen molar-refractivity contribution in [1.29, 1.82) is 0 Å². The van der Waals surface area contributed by atoms with Crippen LogP contribution in [0, 0.1) is 5.92 Å². The average molecular weight is 410 g/mol. The van der Waals surface area contributed by atoms with Crippen LogP contribution in [0.15, 0.2) is 34.1 Å². The van der Waals surface area contributed by atoms with Gasteiger partial charge in [0.25, 0.3) is 0 Å². The third-order valence-electron chi connectivity index (χ3n) is 4.48. The molecule has 7 nitrogen and oxygen atoms in total. The number of hydrogen-bond donors (Lipinski definition) is 3. The second kappa shape index (κ2) is 7.89. The van der Waals surface area contributed by atoms with Gasteiger partial charge in [-0.3, -0.25) is 0 Å². The summed E-state index contributed by atoms with van der Waals surface area (Å²) in [5.74, 6) is 0.253. The lowest BCUT2D eigenvalue weighted by atomic mass is 9.96. The van der Waals surface area contributed by atoms with Crippen LogP contribution in [0.2, 0.25) is 0 Å². The average Bonchev–Trinajstić information content (AvgIpc) is 3.33. The maximum atomic E-state index is 12.5. The van der Waals surface area contributed by atoms with Crippen LogP contribution in [0.4, 0.5) is 0 Å². The Morgan fingerprint density at radius 2 is 1.44 bits per heavy atom. The van der Waals surface area contributed by atoms with E-state index < -0.39 is 20.0 Å². The highest BCUT2D eigenvalue weighted by Gasteiger charge is 2.29. The molecule has 2 aliphatic rings. The molecule has 0 bridgehead atoms. The van der Waals surface area contributed by atoms with E-state index >= 15 is 0 Å². The predicted octanol–water partition coefficient (Wildman–Crippen LogP) is 0.825. The summed E-state index contributed by atoms with van der Waals surface area (Å²) in [5.41, 5.74) is 0. The molecular formula is C15H24ClN3O4S2. The third-order valence-corrected chi connectivity index (χ3v) is 7.52. The fourth-order valence-corrected chi connectivity index (χ4v) is 5.35. The van der Waals surface area contributed by atoms with Crippen molar-refractivity contribution in [3.63, 3.8) is 0 Å². The second-order valence-corrected chi connectivity index (χ2v) is 9.99. The van der Waals surface area contributed by atoms with E-state index in [-0.39, 0.29) is 40.2 Å². The Morgan fingerprint density at radius 1 is 0.920 bits per heavy atom. The molecule has 1 aromatic carbocycles. The fourth-order valence-electron chi connectivity index (χ4n) is 2.70. The summed E-state index contributed by atoms with van der Waals surface area (Å²) in [6.45, 7) is 3.51. The van der Waals surface area contributed by atoms with Crippen LogP contribution in [0.1, 0.15) is 26.2 Å². The van der Waals surface area contributed by atoms with Crippen molar-refractivity contribution >= 4 is 32.5 Å². The lowest BCUT2D eigenvalue weighted by molar-refractivity contribution is 0.327. The summed E-state index contributed by atoms with van der Waals surface area (Å²) in [6.07, 6.45) is 2.61. The highest BCUT2D eigenvalue weighted by molar-refractivity contribution is 7.90. The van der Waals surface area contributed by atoms with Crippen molar-refractivity contribution in [1.82, 2.24) is 14.8 Å². The molecule has 1 heterocycles. The van der Waals surface area contributed by atoms with E-state index in [9.17, 15) is 16.8 Å². The maximum absolute atomic E-state index is 12.5. The molecule has 1 aliphatic carbocycles. The Morgan fingerprint density at radius 3 is 1.92 bits per heavy atom. The molecule has 3 rings (SSSR count). The maximum Gasteiger partial charge on any atom is 0.240 e. The fraction of sp³-hybridized carbons (Fsp3) is 0.600. The van der Waals surface area contributed by atoms with Gasteiger partial charge in [-0.25, -0.2) is 26.3 Å². The van der Waals surface area contributed by atoms with E-state index in [1.165, 1.54) is 24.3 Å². The van der Waals surface area contributed by atoms with E-state index in [1.807, 2.05) is 6.92 Å². The van der Waals surface area contributed by atoms with Gasteiger partial charge in [-0.05, 0) is 56.0 Å². The van der Waals surface area contributed by atoms with Crippen LogP contribution in [0.3, 0.4) is 0 Å². The minimum absolute atomic E-state index is 0. The predicted molar refractivity (Wildman–Crippen MR) is 97.8 cm³/mol. The zero-order valence-electron chi connectivity index (χ0n) is 13.9. The van der Waals surface area contributed by atoms with Crippen LogP contribution in [-0.2, 0) is 20.0 Å². The van der Waals surface area contributed by atoms with Gasteiger partial charge < -0.3 is 5.32 Å². The molecule has 0 spiro atoms. The Hall–Kier alpha value is -0.710. The Balaban J connectivity index is 0.00000225. The first-order chi connectivity index (χ1) is 11.3. The van der Waals surface area contributed by atoms with E-state index in [1.54, 1.807) is 0 Å². The summed E-state index contributed by atoms with van der Waals surface area (Å²) in [5, 5.41) is 3.18. The van der Waals surface area contributed by atoms with Gasteiger partial charge in [0.05, 0.1) is 9.79 Å². The number of rotatable bonds is 6. The highest BCUT2D eigenvalue weighted by atomic mass is 35.5. The number of nitrogens with one attached hydrogen (secondary N) is 3. The van der Waals surface area contributed by atoms with Crippen molar-refractivity contribution in [3.05, 3.63) is 24.3 Å². The normalized spacial score (nSPS) is 24.5. The summed E-state index contributed by atoms with van der Waals surface area (Å²) < 4.78 is 54.5. The van der Waals surface area contributed by atoms with Gasteiger partial charge in [-0.15, -0.1) is 12.4 Å². The monoisotopic (exact) mass is 409 g/mol. The molecule has 1 saturated heterocycles. The minimum Gasteiger partial charge on any atom is -0.315 e. The van der Waals surface area contributed by atoms with Gasteiger partial charge >= 0.3 is 0 Å². The molecule has 2 unspecified atom stereocenters. The first-order valence-corrected chi connectivity index (χ1v) is 11.1. The summed E-state index contributed by atoms with van der Waals surface area (Å²) in [6, 6.07) is 5.20. The molecular weight excluding hydrogens is 386 g/mol. The molecule has 0 radical (unpaired) electrons. The molecule has 25 heavy (non-hydrogen) atoms. The molecule has 10 heteroatoms. The van der Waals surface area contributed by atoms with Crippen molar-refractivity contribution in [2.45, 2.75) is 48.1 Å². The smallest absolute Gasteiger partial charge is 0.240 e. The largest absolute Gasteiger partial charge is 0.315 e. The number of sulfonamides is 2. The van der Waals surface area contributed by atoms with Crippen molar-refractivity contribution < 1.29 is 16.8 Å². The van der Waals surface area contributed by atoms with E-state index in [0.29, 0.717) is 6.54 Å². The molecule has 1 saturated carbocycles. The lowest BCUT2D eigenvalue weighted by Crippen LogP contribution is -2.50. The summed E-state index contributed by atoms with van der Waals surface area (Å²) >= 11 is 0. The molecule has 1 aromatic rings. The van der Waals surface area contributed by atoms with Crippen LogP contribution >= 0.6 is 12.4 Å². The Kier molecular flexibility index (Phi) is 6.50. The summed E-state index contributed by atoms with van der Waals surface area (Å²) in [4.78, 5) is 0.159. The number of benzene rings is 1. The molecule has 2 fully saturated rings.